The van der Waals surface area contributed by atoms with Gasteiger partial charge in [0.2, 0.25) is 65.0 Å². The van der Waals surface area contributed by atoms with E-state index in [1.54, 1.807) is 74.5 Å². The highest BCUT2D eigenvalue weighted by Crippen LogP contribution is 2.20. The smallest absolute Gasteiger partial charge is 0.326 e. The zero-order valence-corrected chi connectivity index (χ0v) is 53.0. The fourth-order valence-electron chi connectivity index (χ4n) is 10.2. The number of carbonyl (C=O) groups is 13. The molecule has 1 fully saturated rings. The Balaban J connectivity index is 1.56. The quantitative estimate of drug-likeness (QED) is 0.0263. The second-order valence-electron chi connectivity index (χ2n) is 23.8. The molecular weight excluding hydrogens is 1230 g/mol. The highest BCUT2D eigenvalue weighted by Gasteiger charge is 2.41. The van der Waals surface area contributed by atoms with Gasteiger partial charge in [0.15, 0.2) is 0 Å². The zero-order chi connectivity index (χ0) is 69.9. The number of nitrogens with one attached hydrogen (secondary N) is 9. The van der Waals surface area contributed by atoms with Crippen LogP contribution >= 0.6 is 0 Å². The molecule has 19 N–H and O–H groups in total. The largest absolute Gasteiger partial charge is 0.508 e. The number of nitrogens with two attached hydrogens (primary N) is 2. The molecule has 0 spiro atoms. The number of benzene rings is 3. The highest BCUT2D eigenvalue weighted by atomic mass is 16.4. The summed E-state index contributed by atoms with van der Waals surface area (Å²) in [7, 11) is 0. The molecule has 0 saturated carbocycles. The van der Waals surface area contributed by atoms with Crippen molar-refractivity contribution in [2.75, 3.05) is 19.8 Å². The summed E-state index contributed by atoms with van der Waals surface area (Å²) in [6.07, 6.45) is -4.21. The van der Waals surface area contributed by atoms with Crippen LogP contribution in [0.5, 0.6) is 5.75 Å². The summed E-state index contributed by atoms with van der Waals surface area (Å²) in [4.78, 5) is 177. The topological polar surface area (TPSA) is 507 Å². The molecule has 0 radical (unpaired) electrons. The van der Waals surface area contributed by atoms with Gasteiger partial charge in [0.05, 0.1) is 31.8 Å². The first-order valence-electron chi connectivity index (χ1n) is 30.7. The van der Waals surface area contributed by atoms with Crippen LogP contribution in [-0.4, -0.2) is 205 Å². The Morgan fingerprint density at radius 2 is 0.936 bits per heavy atom. The van der Waals surface area contributed by atoms with Gasteiger partial charge < -0.3 is 94.9 Å². The SMILES string of the molecule is CC(C)C[C@H](NC(=O)[C@H](CC(N)=O)NC(=O)[C@H](CCC(=O)O)NC(=O)[C@H](Cc1ccccc1)NC(=O)[C@H](Cc1ccc(O)cc1)NC(=O)[C@H](CO)NC(=O)[C@@H]1CCCN1C(=O)[C@H](CO)NC(=O)[C@@H](NC(=O)[C@H](Cc1ccccc1)NC(=O)[C@@H](N)CC(C)C)[C@@H](C)O)C(=O)O. The number of phenolic OH excluding ortho intramolecular Hbond substituents is 1. The molecule has 4 rings (SSSR count). The van der Waals surface area contributed by atoms with Crippen molar-refractivity contribution in [3.05, 3.63) is 102 Å². The van der Waals surface area contributed by atoms with Crippen molar-refractivity contribution in [2.45, 2.75) is 171 Å². The Bertz CT molecular complexity index is 3100. The molecule has 0 aromatic heterocycles. The number of nitrogens with zero attached hydrogens (tertiary/aromatic N) is 1. The molecule has 3 aromatic rings. The average molecular weight is 1320 g/mol. The molecule has 3 aromatic carbocycles. The van der Waals surface area contributed by atoms with Gasteiger partial charge in [-0.15, -0.1) is 0 Å². The van der Waals surface area contributed by atoms with E-state index in [2.05, 4.69) is 47.9 Å². The van der Waals surface area contributed by atoms with E-state index in [9.17, 15) is 93.0 Å². The standard InChI is InChI=1S/C63H88N12O19/c1-33(2)25-40(64)53(83)67-44(28-37-15-10-7-11-16-37)58(88)74-52(35(5)78)61(91)73-48(32-77)62(92)75-24-12-17-49(75)60(90)72-47(31-76)59(89)69-43(29-38-18-20-39(79)21-19-38)56(86)68-42(27-36-13-8-6-9-14-36)55(85)66-41(22-23-51(81)82)54(84)70-45(30-50(65)80)57(87)71-46(63(93)94)26-34(3)4/h6-11,13-16,18-21,33-35,40-49,52,76-79H,12,17,22-32,64H2,1-5H3,(H2,65,80)(H,66,85)(H,67,83)(H,68,86)(H,69,89)(H,70,84)(H,71,87)(H,72,90)(H,73,91)(H,74,88)(H,81,82)(H,93,94)/t35-,40+,41+,42+,43+,44+,45+,46+,47+,48+,49+,52+/m1/s1. The number of aliphatic hydroxyl groups is 3. The van der Waals surface area contributed by atoms with E-state index in [-0.39, 0.29) is 62.7 Å². The van der Waals surface area contributed by atoms with Crippen molar-refractivity contribution in [2.24, 2.45) is 23.3 Å². The Hall–Kier alpha value is -9.59. The van der Waals surface area contributed by atoms with Crippen LogP contribution in [-0.2, 0) is 81.6 Å². The van der Waals surface area contributed by atoms with Crippen LogP contribution in [0.25, 0.3) is 0 Å². The molecule has 1 heterocycles. The number of amides is 11. The predicted molar refractivity (Wildman–Crippen MR) is 335 cm³/mol. The minimum Gasteiger partial charge on any atom is -0.508 e. The van der Waals surface area contributed by atoms with Gasteiger partial charge in [-0.2, -0.15) is 0 Å². The summed E-state index contributed by atoms with van der Waals surface area (Å²) in [5, 5.41) is 82.9. The number of carboxylic acid groups (broad SMARTS) is 2. The molecule has 1 aliphatic rings. The first-order chi connectivity index (χ1) is 44.4. The third kappa shape index (κ3) is 25.1. The summed E-state index contributed by atoms with van der Waals surface area (Å²) in [6.45, 7) is 5.98. The number of aliphatic hydroxyl groups excluding tert-OH is 3. The van der Waals surface area contributed by atoms with E-state index in [0.717, 1.165) is 4.90 Å². The number of carboxylic acids is 2. The van der Waals surface area contributed by atoms with Crippen LogP contribution in [0.1, 0.15) is 96.3 Å². The van der Waals surface area contributed by atoms with Gasteiger partial charge >= 0.3 is 11.9 Å². The third-order valence-electron chi connectivity index (χ3n) is 15.1. The van der Waals surface area contributed by atoms with E-state index >= 15 is 0 Å². The molecule has 31 heteroatoms. The maximum Gasteiger partial charge on any atom is 0.326 e. The lowest BCUT2D eigenvalue weighted by atomic mass is 10.0. The lowest BCUT2D eigenvalue weighted by Gasteiger charge is -2.31. The summed E-state index contributed by atoms with van der Waals surface area (Å²) >= 11 is 0. The van der Waals surface area contributed by atoms with Crippen LogP contribution in [0, 0.1) is 11.8 Å². The monoisotopic (exact) mass is 1320 g/mol. The second-order valence-corrected chi connectivity index (χ2v) is 23.8. The van der Waals surface area contributed by atoms with Crippen molar-refractivity contribution in [1.29, 1.82) is 0 Å². The Kier molecular flexibility index (Phi) is 30.9. The Morgan fingerprint density at radius 3 is 1.40 bits per heavy atom. The number of hydrogen-bond donors (Lipinski definition) is 17. The minimum atomic E-state index is -1.85. The summed E-state index contributed by atoms with van der Waals surface area (Å²) in [5.74, 6) is -14.7. The van der Waals surface area contributed by atoms with Gasteiger partial charge in [0, 0.05) is 32.2 Å². The molecule has 94 heavy (non-hydrogen) atoms. The van der Waals surface area contributed by atoms with E-state index in [1.807, 2.05) is 13.8 Å². The number of hydrogen-bond acceptors (Lipinski definition) is 18. The van der Waals surface area contributed by atoms with E-state index in [4.69, 9.17) is 11.5 Å². The molecule has 12 atom stereocenters. The van der Waals surface area contributed by atoms with Gasteiger partial charge in [0.25, 0.3) is 0 Å². The number of aliphatic carboxylic acids is 2. The van der Waals surface area contributed by atoms with E-state index in [1.165, 1.54) is 31.2 Å². The summed E-state index contributed by atoms with van der Waals surface area (Å²) in [6, 6.07) is 4.44. The summed E-state index contributed by atoms with van der Waals surface area (Å²) < 4.78 is 0. The lowest BCUT2D eigenvalue weighted by Crippen LogP contribution is -2.62. The average Bonchev–Trinajstić information content (AvgIpc) is 1.53. The Morgan fingerprint density at radius 1 is 0.511 bits per heavy atom. The number of phenols is 1. The van der Waals surface area contributed by atoms with Gasteiger partial charge in [-0.1, -0.05) is 100 Å². The van der Waals surface area contributed by atoms with Crippen LogP contribution < -0.4 is 59.3 Å². The molecule has 11 amide bonds. The number of carbonyl (C=O) groups excluding carboxylic acids is 11. The van der Waals surface area contributed by atoms with E-state index in [0.29, 0.717) is 23.1 Å². The molecule has 1 saturated heterocycles. The molecule has 1 aliphatic heterocycles. The lowest BCUT2D eigenvalue weighted by molar-refractivity contribution is -0.144. The van der Waals surface area contributed by atoms with E-state index < -0.39 is 182 Å². The van der Waals surface area contributed by atoms with Crippen LogP contribution in [0.2, 0.25) is 0 Å². The number of likely N-dealkylation sites (tertiary alicyclic amines) is 1. The number of primary amides is 1. The van der Waals surface area contributed by atoms with Crippen LogP contribution in [0.4, 0.5) is 0 Å². The van der Waals surface area contributed by atoms with Gasteiger partial charge in [-0.3, -0.25) is 57.5 Å². The molecule has 0 aliphatic carbocycles. The maximum absolute atomic E-state index is 14.6. The Labute approximate surface area is 542 Å². The van der Waals surface area contributed by atoms with Gasteiger partial charge in [-0.05, 0) is 79.7 Å². The third-order valence-corrected chi connectivity index (χ3v) is 15.1. The molecule has 31 nitrogen and oxygen atoms in total. The molecule has 0 bridgehead atoms. The second kappa shape index (κ2) is 37.8. The molecule has 0 unspecified atom stereocenters. The van der Waals surface area contributed by atoms with Crippen molar-refractivity contribution >= 4 is 76.9 Å². The maximum atomic E-state index is 14.6. The molecule has 514 valence electrons. The fraction of sp³-hybridized carbons (Fsp3) is 0.508. The van der Waals surface area contributed by atoms with Crippen molar-refractivity contribution < 1.29 is 93.0 Å². The van der Waals surface area contributed by atoms with Crippen molar-refractivity contribution in [3.63, 3.8) is 0 Å². The normalized spacial score (nSPS) is 16.3. The van der Waals surface area contributed by atoms with Crippen molar-refractivity contribution in [1.82, 2.24) is 52.8 Å². The number of rotatable bonds is 38. The highest BCUT2D eigenvalue weighted by molar-refractivity contribution is 6.00. The predicted octanol–water partition coefficient (Wildman–Crippen LogP) is -3.62. The molecular formula is C63H88N12O19. The van der Waals surface area contributed by atoms with Crippen LogP contribution in [0.3, 0.4) is 0 Å². The van der Waals surface area contributed by atoms with Gasteiger partial charge in [-0.25, -0.2) is 4.79 Å². The first kappa shape index (κ1) is 76.9. The van der Waals surface area contributed by atoms with Crippen molar-refractivity contribution in [3.8, 4) is 5.75 Å². The summed E-state index contributed by atoms with van der Waals surface area (Å²) in [5.41, 5.74) is 12.9. The first-order valence-corrected chi connectivity index (χ1v) is 30.7. The number of aromatic hydroxyl groups is 1. The zero-order valence-electron chi connectivity index (χ0n) is 53.0. The fourth-order valence-corrected chi connectivity index (χ4v) is 10.2. The van der Waals surface area contributed by atoms with Crippen LogP contribution in [0.15, 0.2) is 84.9 Å². The van der Waals surface area contributed by atoms with Gasteiger partial charge in [0.1, 0.15) is 66.2 Å². The minimum absolute atomic E-state index is 0.0321.